The number of hydrogen-bond acceptors (Lipinski definition) is 3. The van der Waals surface area contributed by atoms with Gasteiger partial charge in [-0.3, -0.25) is 0 Å². The zero-order chi connectivity index (χ0) is 16.6. The van der Waals surface area contributed by atoms with Crippen LogP contribution in [0.3, 0.4) is 0 Å². The highest BCUT2D eigenvalue weighted by Gasteiger charge is 2.17. The largest absolute Gasteiger partial charge is 0.399 e. The summed E-state index contributed by atoms with van der Waals surface area (Å²) in [5.74, 6) is 0. The maximum atomic E-state index is 10.9. The van der Waals surface area contributed by atoms with E-state index in [4.69, 9.17) is 5.73 Å². The van der Waals surface area contributed by atoms with Gasteiger partial charge in [-0.05, 0) is 61.2 Å². The van der Waals surface area contributed by atoms with E-state index in [-0.39, 0.29) is 0 Å². The van der Waals surface area contributed by atoms with E-state index in [0.717, 1.165) is 27.9 Å². The number of hydrogen-bond donors (Lipinski definition) is 2. The van der Waals surface area contributed by atoms with Gasteiger partial charge in [0.05, 0.1) is 6.33 Å². The molecule has 4 nitrogen and oxygen atoms in total. The molecule has 3 N–H and O–H groups in total. The molecule has 1 aromatic heterocycles. The first-order valence-corrected chi connectivity index (χ1v) is 7.60. The highest BCUT2D eigenvalue weighted by atomic mass is 16.3. The standard InChI is InChI=1S/C19H21N3O/c1-12-6-13(2)18(14(3)7-12)19(23)15-8-16(20)10-17(9-15)22-5-4-21-11-22/h4-11,19,23H,20H2,1-3H3. The SMILES string of the molecule is Cc1cc(C)c(C(O)c2cc(N)cc(-n3ccnc3)c2)c(C)c1. The monoisotopic (exact) mass is 307 g/mol. The van der Waals surface area contributed by atoms with Crippen molar-refractivity contribution in [2.24, 2.45) is 0 Å². The Morgan fingerprint density at radius 3 is 2.35 bits per heavy atom. The van der Waals surface area contributed by atoms with Crippen LogP contribution in [0, 0.1) is 20.8 Å². The average molecular weight is 307 g/mol. The van der Waals surface area contributed by atoms with Crippen LogP contribution in [0.15, 0.2) is 49.1 Å². The van der Waals surface area contributed by atoms with Crippen molar-refractivity contribution in [2.75, 3.05) is 5.73 Å². The van der Waals surface area contributed by atoms with Gasteiger partial charge >= 0.3 is 0 Å². The Bertz CT molecular complexity index is 815. The Morgan fingerprint density at radius 2 is 1.74 bits per heavy atom. The smallest absolute Gasteiger partial charge is 0.105 e. The quantitative estimate of drug-likeness (QED) is 0.728. The van der Waals surface area contributed by atoms with Crippen LogP contribution >= 0.6 is 0 Å². The maximum absolute atomic E-state index is 10.9. The average Bonchev–Trinajstić information content (AvgIpc) is 2.99. The van der Waals surface area contributed by atoms with E-state index in [1.54, 1.807) is 12.5 Å². The van der Waals surface area contributed by atoms with Crippen LogP contribution in [0.4, 0.5) is 5.69 Å². The lowest BCUT2D eigenvalue weighted by Crippen LogP contribution is -2.07. The Labute approximate surface area is 136 Å². The van der Waals surface area contributed by atoms with Crippen molar-refractivity contribution in [3.05, 3.63) is 76.9 Å². The summed E-state index contributed by atoms with van der Waals surface area (Å²) in [5.41, 5.74) is 12.6. The summed E-state index contributed by atoms with van der Waals surface area (Å²) in [5, 5.41) is 10.9. The molecule has 0 fully saturated rings. The number of anilines is 1. The van der Waals surface area contributed by atoms with Crippen molar-refractivity contribution in [3.63, 3.8) is 0 Å². The topological polar surface area (TPSA) is 64.1 Å². The van der Waals surface area contributed by atoms with Crippen LogP contribution in [0.25, 0.3) is 5.69 Å². The summed E-state index contributed by atoms with van der Waals surface area (Å²) in [6.45, 7) is 6.12. The van der Waals surface area contributed by atoms with Crippen molar-refractivity contribution < 1.29 is 5.11 Å². The van der Waals surface area contributed by atoms with E-state index < -0.39 is 6.10 Å². The summed E-state index contributed by atoms with van der Waals surface area (Å²) >= 11 is 0. The lowest BCUT2D eigenvalue weighted by Gasteiger charge is -2.19. The fourth-order valence-corrected chi connectivity index (χ4v) is 3.17. The third-order valence-electron chi connectivity index (χ3n) is 4.09. The third-order valence-corrected chi connectivity index (χ3v) is 4.09. The van der Waals surface area contributed by atoms with E-state index in [1.807, 2.05) is 42.8 Å². The first kappa shape index (κ1) is 15.3. The second-order valence-electron chi connectivity index (χ2n) is 6.04. The maximum Gasteiger partial charge on any atom is 0.105 e. The minimum absolute atomic E-state index is 0.618. The number of nitrogens with two attached hydrogens (primary N) is 1. The number of aromatic nitrogens is 2. The molecular weight excluding hydrogens is 286 g/mol. The number of imidazole rings is 1. The van der Waals surface area contributed by atoms with Gasteiger partial charge in [0.15, 0.2) is 0 Å². The van der Waals surface area contributed by atoms with Crippen LogP contribution < -0.4 is 5.73 Å². The zero-order valence-electron chi connectivity index (χ0n) is 13.6. The molecule has 1 atom stereocenters. The fourth-order valence-electron chi connectivity index (χ4n) is 3.17. The van der Waals surface area contributed by atoms with Gasteiger partial charge in [0, 0.05) is 23.8 Å². The van der Waals surface area contributed by atoms with Gasteiger partial charge in [-0.2, -0.15) is 0 Å². The number of nitrogen functional groups attached to an aromatic ring is 1. The molecule has 0 aliphatic rings. The molecule has 23 heavy (non-hydrogen) atoms. The minimum Gasteiger partial charge on any atom is -0.399 e. The molecule has 3 rings (SSSR count). The molecule has 1 heterocycles. The van der Waals surface area contributed by atoms with Gasteiger partial charge in [0.25, 0.3) is 0 Å². The molecular formula is C19H21N3O. The third kappa shape index (κ3) is 2.98. The number of nitrogens with zero attached hydrogens (tertiary/aromatic N) is 2. The predicted molar refractivity (Wildman–Crippen MR) is 92.7 cm³/mol. The van der Waals surface area contributed by atoms with Gasteiger partial charge in [-0.15, -0.1) is 0 Å². The van der Waals surface area contributed by atoms with E-state index in [0.29, 0.717) is 5.69 Å². The van der Waals surface area contributed by atoms with Crippen molar-refractivity contribution in [2.45, 2.75) is 26.9 Å². The van der Waals surface area contributed by atoms with Crippen molar-refractivity contribution in [1.82, 2.24) is 9.55 Å². The number of aliphatic hydroxyl groups is 1. The van der Waals surface area contributed by atoms with Crippen molar-refractivity contribution in [1.29, 1.82) is 0 Å². The van der Waals surface area contributed by atoms with Crippen LogP contribution in [0.5, 0.6) is 0 Å². The van der Waals surface area contributed by atoms with E-state index in [9.17, 15) is 5.11 Å². The highest BCUT2D eigenvalue weighted by Crippen LogP contribution is 2.31. The van der Waals surface area contributed by atoms with Crippen LogP contribution in [0.1, 0.15) is 33.9 Å². The van der Waals surface area contributed by atoms with Gasteiger partial charge in [0.1, 0.15) is 6.10 Å². The molecule has 0 aliphatic heterocycles. The summed E-state index contributed by atoms with van der Waals surface area (Å²) in [6, 6.07) is 9.82. The Balaban J connectivity index is 2.08. The summed E-state index contributed by atoms with van der Waals surface area (Å²) in [4.78, 5) is 4.06. The van der Waals surface area contributed by atoms with E-state index >= 15 is 0 Å². The van der Waals surface area contributed by atoms with Crippen LogP contribution in [-0.2, 0) is 0 Å². The molecule has 0 radical (unpaired) electrons. The molecule has 4 heteroatoms. The molecule has 0 spiro atoms. The molecule has 118 valence electrons. The van der Waals surface area contributed by atoms with Gasteiger partial charge in [-0.25, -0.2) is 4.98 Å². The summed E-state index contributed by atoms with van der Waals surface area (Å²) < 4.78 is 1.88. The van der Waals surface area contributed by atoms with Gasteiger partial charge < -0.3 is 15.4 Å². The first-order chi connectivity index (χ1) is 11.0. The molecule has 0 amide bonds. The summed E-state index contributed by atoms with van der Waals surface area (Å²) in [7, 11) is 0. The number of aryl methyl sites for hydroxylation is 3. The lowest BCUT2D eigenvalue weighted by molar-refractivity contribution is 0.219. The summed E-state index contributed by atoms with van der Waals surface area (Å²) in [6.07, 6.45) is 4.58. The fraction of sp³-hybridized carbons (Fsp3) is 0.211. The predicted octanol–water partition coefficient (Wildman–Crippen LogP) is 3.46. The van der Waals surface area contributed by atoms with E-state index in [2.05, 4.69) is 24.0 Å². The molecule has 0 bridgehead atoms. The molecule has 0 aliphatic carbocycles. The second kappa shape index (κ2) is 5.89. The Hall–Kier alpha value is -2.59. The van der Waals surface area contributed by atoms with Gasteiger partial charge in [-0.1, -0.05) is 17.7 Å². The van der Waals surface area contributed by atoms with E-state index in [1.165, 1.54) is 5.56 Å². The Kier molecular flexibility index (Phi) is 3.92. The second-order valence-corrected chi connectivity index (χ2v) is 6.04. The van der Waals surface area contributed by atoms with Crippen molar-refractivity contribution in [3.8, 4) is 5.69 Å². The molecule has 0 saturated carbocycles. The molecule has 0 saturated heterocycles. The first-order valence-electron chi connectivity index (χ1n) is 7.60. The molecule has 2 aromatic carbocycles. The lowest BCUT2D eigenvalue weighted by atomic mass is 9.91. The number of benzene rings is 2. The van der Waals surface area contributed by atoms with Crippen molar-refractivity contribution >= 4 is 5.69 Å². The molecule has 3 aromatic rings. The van der Waals surface area contributed by atoms with Crippen LogP contribution in [0.2, 0.25) is 0 Å². The number of rotatable bonds is 3. The minimum atomic E-state index is -0.707. The normalized spacial score (nSPS) is 12.3. The van der Waals surface area contributed by atoms with Gasteiger partial charge in [0.2, 0.25) is 0 Å². The molecule has 1 unspecified atom stereocenters. The van der Waals surface area contributed by atoms with Crippen LogP contribution in [-0.4, -0.2) is 14.7 Å². The number of aliphatic hydroxyl groups excluding tert-OH is 1. The zero-order valence-corrected chi connectivity index (χ0v) is 13.6. The highest BCUT2D eigenvalue weighted by molar-refractivity contribution is 5.54. The Morgan fingerprint density at radius 1 is 1.04 bits per heavy atom.